The summed E-state index contributed by atoms with van der Waals surface area (Å²) in [4.78, 5) is 12.5. The highest BCUT2D eigenvalue weighted by Gasteiger charge is 2.30. The van der Waals surface area contributed by atoms with Crippen LogP contribution in [0.15, 0.2) is 0 Å². The van der Waals surface area contributed by atoms with Crippen molar-refractivity contribution < 1.29 is 22.7 Å². The van der Waals surface area contributed by atoms with Gasteiger partial charge in [0, 0.05) is 13.1 Å². The first-order valence-electron chi connectivity index (χ1n) is 4.97. The highest BCUT2D eigenvalue weighted by molar-refractivity contribution is 5.67. The van der Waals surface area contributed by atoms with Crippen molar-refractivity contribution in [1.29, 1.82) is 0 Å². The van der Waals surface area contributed by atoms with Gasteiger partial charge in [-0.25, -0.2) is 4.79 Å². The fraction of sp³-hybridized carbons (Fsp3) is 0.889. The van der Waals surface area contributed by atoms with Gasteiger partial charge in [-0.15, -0.1) is 0 Å². The molecule has 1 amide bonds. The number of amides is 1. The third-order valence-corrected chi connectivity index (χ3v) is 2.22. The number of nitrogens with zero attached hydrogens (tertiary/aromatic N) is 1. The topological polar surface area (TPSA) is 29.5 Å². The molecule has 1 aliphatic heterocycles. The van der Waals surface area contributed by atoms with Crippen LogP contribution in [0.25, 0.3) is 0 Å². The van der Waals surface area contributed by atoms with Crippen LogP contribution in [0.5, 0.6) is 0 Å². The van der Waals surface area contributed by atoms with E-state index >= 15 is 0 Å². The van der Waals surface area contributed by atoms with E-state index < -0.39 is 18.9 Å². The third kappa shape index (κ3) is 4.90. The molecule has 0 bridgehead atoms. The summed E-state index contributed by atoms with van der Waals surface area (Å²) in [7, 11) is 0. The van der Waals surface area contributed by atoms with E-state index in [0.717, 1.165) is 25.7 Å². The fourth-order valence-electron chi connectivity index (χ4n) is 1.49. The van der Waals surface area contributed by atoms with E-state index in [1.54, 1.807) is 0 Å². The number of hydrogen-bond donors (Lipinski definition) is 0. The first-order valence-corrected chi connectivity index (χ1v) is 4.97. The number of ether oxygens (including phenoxy) is 1. The minimum absolute atomic E-state index is 0.497. The lowest BCUT2D eigenvalue weighted by Crippen LogP contribution is -2.34. The molecule has 88 valence electrons. The molecule has 0 aromatic carbocycles. The molecule has 0 spiro atoms. The van der Waals surface area contributed by atoms with E-state index in [0.29, 0.717) is 13.1 Å². The first kappa shape index (κ1) is 12.1. The standard InChI is InChI=1S/C9H14F3NO2/c10-9(11,12)7-15-8(14)13-5-3-1-2-4-6-13/h1-7H2. The molecule has 0 unspecified atom stereocenters. The van der Waals surface area contributed by atoms with Crippen molar-refractivity contribution >= 4 is 6.09 Å². The summed E-state index contributed by atoms with van der Waals surface area (Å²) < 4.78 is 39.5. The average molecular weight is 225 g/mol. The molecule has 0 radical (unpaired) electrons. The van der Waals surface area contributed by atoms with Crippen LogP contribution in [0.2, 0.25) is 0 Å². The van der Waals surface area contributed by atoms with Crippen molar-refractivity contribution in [3.63, 3.8) is 0 Å². The van der Waals surface area contributed by atoms with Crippen LogP contribution < -0.4 is 0 Å². The second-order valence-corrected chi connectivity index (χ2v) is 3.57. The normalized spacial score (nSPS) is 18.5. The molecular weight excluding hydrogens is 211 g/mol. The molecule has 1 rings (SSSR count). The molecule has 15 heavy (non-hydrogen) atoms. The molecule has 0 saturated carbocycles. The second-order valence-electron chi connectivity index (χ2n) is 3.57. The van der Waals surface area contributed by atoms with Crippen molar-refractivity contribution in [2.24, 2.45) is 0 Å². The zero-order valence-corrected chi connectivity index (χ0v) is 8.35. The lowest BCUT2D eigenvalue weighted by Gasteiger charge is -2.20. The summed E-state index contributed by atoms with van der Waals surface area (Å²) in [6.07, 6.45) is -1.59. The monoisotopic (exact) mass is 225 g/mol. The van der Waals surface area contributed by atoms with Crippen LogP contribution in [0.4, 0.5) is 18.0 Å². The molecule has 0 aliphatic carbocycles. The maximum atomic E-state index is 11.8. The zero-order valence-electron chi connectivity index (χ0n) is 8.35. The van der Waals surface area contributed by atoms with Gasteiger partial charge in [0.15, 0.2) is 6.61 Å². The molecule has 0 atom stereocenters. The molecule has 3 nitrogen and oxygen atoms in total. The number of carbonyl (C=O) groups is 1. The summed E-state index contributed by atoms with van der Waals surface area (Å²) in [6, 6.07) is 0. The summed E-state index contributed by atoms with van der Waals surface area (Å²) in [5, 5.41) is 0. The van der Waals surface area contributed by atoms with Crippen molar-refractivity contribution in [2.45, 2.75) is 31.9 Å². The number of halogens is 3. The van der Waals surface area contributed by atoms with Crippen LogP contribution in [-0.2, 0) is 4.74 Å². The quantitative estimate of drug-likeness (QED) is 0.686. The zero-order chi connectivity index (χ0) is 11.3. The number of hydrogen-bond acceptors (Lipinski definition) is 2. The predicted octanol–water partition coefficient (Wildman–Crippen LogP) is 2.56. The number of likely N-dealkylation sites (tertiary alicyclic amines) is 1. The highest BCUT2D eigenvalue weighted by Crippen LogP contribution is 2.16. The van der Waals surface area contributed by atoms with Gasteiger partial charge < -0.3 is 9.64 Å². The van der Waals surface area contributed by atoms with E-state index in [4.69, 9.17) is 0 Å². The van der Waals surface area contributed by atoms with Crippen LogP contribution in [0.3, 0.4) is 0 Å². The van der Waals surface area contributed by atoms with Gasteiger partial charge in [0.05, 0.1) is 0 Å². The minimum Gasteiger partial charge on any atom is -0.440 e. The Kier molecular flexibility index (Phi) is 4.23. The average Bonchev–Trinajstić information content (AvgIpc) is 2.41. The van der Waals surface area contributed by atoms with Gasteiger partial charge in [0.2, 0.25) is 0 Å². The maximum Gasteiger partial charge on any atom is 0.422 e. The summed E-state index contributed by atoms with van der Waals surface area (Å²) in [6.45, 7) is -0.504. The Balaban J connectivity index is 2.32. The summed E-state index contributed by atoms with van der Waals surface area (Å²) in [5.74, 6) is 0. The lowest BCUT2D eigenvalue weighted by atomic mass is 10.2. The molecule has 1 fully saturated rings. The Morgan fingerprint density at radius 1 is 1.13 bits per heavy atom. The van der Waals surface area contributed by atoms with Gasteiger partial charge in [-0.1, -0.05) is 12.8 Å². The Hall–Kier alpha value is -0.940. The minimum atomic E-state index is -4.44. The maximum absolute atomic E-state index is 11.8. The molecule has 1 heterocycles. The van der Waals surface area contributed by atoms with E-state index in [1.807, 2.05) is 0 Å². The van der Waals surface area contributed by atoms with Gasteiger partial charge in [0.1, 0.15) is 0 Å². The SMILES string of the molecule is O=C(OCC(F)(F)F)N1CCCCCC1. The van der Waals surface area contributed by atoms with Crippen molar-refractivity contribution in [1.82, 2.24) is 4.90 Å². The van der Waals surface area contributed by atoms with Gasteiger partial charge in [-0.05, 0) is 12.8 Å². The molecule has 6 heteroatoms. The van der Waals surface area contributed by atoms with E-state index in [-0.39, 0.29) is 0 Å². The van der Waals surface area contributed by atoms with Gasteiger partial charge in [0.25, 0.3) is 0 Å². The first-order chi connectivity index (χ1) is 6.99. The van der Waals surface area contributed by atoms with E-state index in [9.17, 15) is 18.0 Å². The van der Waals surface area contributed by atoms with E-state index in [1.165, 1.54) is 4.90 Å². The van der Waals surface area contributed by atoms with Crippen molar-refractivity contribution in [3.8, 4) is 0 Å². The van der Waals surface area contributed by atoms with Crippen LogP contribution >= 0.6 is 0 Å². The molecule has 1 aliphatic rings. The Labute approximate surface area is 86.2 Å². The molecule has 0 aromatic rings. The number of carbonyl (C=O) groups excluding carboxylic acids is 1. The molecule has 0 aromatic heterocycles. The number of rotatable bonds is 1. The third-order valence-electron chi connectivity index (χ3n) is 2.22. The smallest absolute Gasteiger partial charge is 0.422 e. The van der Waals surface area contributed by atoms with Gasteiger partial charge in [-0.3, -0.25) is 0 Å². The largest absolute Gasteiger partial charge is 0.440 e. The predicted molar refractivity (Wildman–Crippen MR) is 47.4 cm³/mol. The van der Waals surface area contributed by atoms with Crippen molar-refractivity contribution in [2.75, 3.05) is 19.7 Å². The Bertz CT molecular complexity index is 210. The molecule has 0 N–H and O–H groups in total. The van der Waals surface area contributed by atoms with E-state index in [2.05, 4.69) is 4.74 Å². The molecule has 1 saturated heterocycles. The summed E-state index contributed by atoms with van der Waals surface area (Å²) in [5.41, 5.74) is 0. The highest BCUT2D eigenvalue weighted by atomic mass is 19.4. The van der Waals surface area contributed by atoms with Crippen LogP contribution in [-0.4, -0.2) is 36.9 Å². The van der Waals surface area contributed by atoms with Crippen LogP contribution in [0, 0.1) is 0 Å². The Morgan fingerprint density at radius 2 is 1.67 bits per heavy atom. The Morgan fingerprint density at radius 3 is 2.13 bits per heavy atom. The fourth-order valence-corrected chi connectivity index (χ4v) is 1.49. The molecular formula is C9H14F3NO2. The lowest BCUT2D eigenvalue weighted by molar-refractivity contribution is -0.162. The van der Waals surface area contributed by atoms with Crippen LogP contribution in [0.1, 0.15) is 25.7 Å². The van der Waals surface area contributed by atoms with Crippen molar-refractivity contribution in [3.05, 3.63) is 0 Å². The van der Waals surface area contributed by atoms with Gasteiger partial charge in [-0.2, -0.15) is 13.2 Å². The summed E-state index contributed by atoms with van der Waals surface area (Å²) >= 11 is 0. The van der Waals surface area contributed by atoms with Gasteiger partial charge >= 0.3 is 12.3 Å². The number of alkyl halides is 3. The second kappa shape index (κ2) is 5.23.